The normalized spacial score (nSPS) is 11.9. The first kappa shape index (κ1) is 39.0. The molecule has 5 heterocycles. The van der Waals surface area contributed by atoms with Gasteiger partial charge in [0.05, 0.1) is 44.5 Å². The van der Waals surface area contributed by atoms with E-state index in [2.05, 4.69) is 243 Å². The van der Waals surface area contributed by atoms with E-state index in [1.165, 1.54) is 43.5 Å². The average molecular weight is 887 g/mol. The van der Waals surface area contributed by atoms with Crippen molar-refractivity contribution < 1.29 is 9.30 Å². The lowest BCUT2D eigenvalue weighted by atomic mass is 9.95. The van der Waals surface area contributed by atoms with Crippen LogP contribution in [0.15, 0.2) is 219 Å². The molecule has 7 nitrogen and oxygen atoms in total. The lowest BCUT2D eigenvalue weighted by molar-refractivity contribution is -0.572. The number of aromatic nitrogens is 6. The summed E-state index contributed by atoms with van der Waals surface area (Å²) < 4.78 is 18.4. The maximum Gasteiger partial charge on any atom is 0.269 e. The van der Waals surface area contributed by atoms with Crippen molar-refractivity contribution in [2.75, 3.05) is 0 Å². The molecule has 0 aliphatic heterocycles. The van der Waals surface area contributed by atoms with Crippen molar-refractivity contribution in [1.29, 1.82) is 0 Å². The molecular weight excluding hydrogens is 845 g/mol. The molecule has 14 rings (SSSR count). The highest BCUT2D eigenvalue weighted by Crippen LogP contribution is 2.49. The number of fused-ring (bicyclic) bond motifs is 13. The second-order valence-corrected chi connectivity index (χ2v) is 17.8. The molecule has 0 aliphatic carbocycles. The molecule has 0 saturated carbocycles. The van der Waals surface area contributed by atoms with Gasteiger partial charge in [-0.05, 0) is 76.9 Å². The predicted octanol–water partition coefficient (Wildman–Crippen LogP) is 14.6. The SMILES string of the molecule is Cn1c2ccccc2c2c3c4ccc(Oc5cccc(-[n+]6[c-]n(-c7c(-c8ccccc8)cccc7-c7ccccc7)c7ccccc76)c5)cc4n(-c4ccccn4)c3c3c(c4ccccc4n3C)c21. The van der Waals surface area contributed by atoms with Crippen molar-refractivity contribution in [1.82, 2.24) is 23.3 Å². The first-order valence-corrected chi connectivity index (χ1v) is 23.3. The minimum Gasteiger partial charge on any atom is -0.458 e. The van der Waals surface area contributed by atoms with Gasteiger partial charge in [-0.1, -0.05) is 152 Å². The van der Waals surface area contributed by atoms with Gasteiger partial charge < -0.3 is 13.9 Å². The van der Waals surface area contributed by atoms with E-state index in [1.54, 1.807) is 0 Å². The number of aryl methyl sites for hydroxylation is 2. The number of para-hydroxylation sites is 5. The summed E-state index contributed by atoms with van der Waals surface area (Å²) in [6, 6.07) is 74.8. The maximum absolute atomic E-state index is 6.94. The number of hydrogen-bond acceptors (Lipinski definition) is 2. The Labute approximate surface area is 397 Å². The number of rotatable bonds is 7. The standard InChI is InChI=1S/C62H42N6O/c1-64-50-29-11-9-25-47(50)56-57-49-35-34-44(38-54(49)68(55-33-15-16-36-63-55)62(57)61-58(60(56)64)48-26-10-12-30-51(48)65(61)2)69-43-24-17-23-42(37-43)66-39-67(53-32-14-13-31-52(53)66)59-45(40-19-5-3-6-20-40)27-18-28-46(59)41-21-7-4-8-22-41/h3-38H,1-2H3. The van der Waals surface area contributed by atoms with Gasteiger partial charge in [-0.2, -0.15) is 0 Å². The van der Waals surface area contributed by atoms with E-state index >= 15 is 0 Å². The molecule has 0 N–H and O–H groups in total. The van der Waals surface area contributed by atoms with Crippen LogP contribution in [-0.2, 0) is 14.1 Å². The van der Waals surface area contributed by atoms with Crippen LogP contribution < -0.4 is 9.30 Å². The van der Waals surface area contributed by atoms with Gasteiger partial charge in [-0.15, -0.1) is 0 Å². The molecule has 0 aliphatic rings. The van der Waals surface area contributed by atoms with Gasteiger partial charge >= 0.3 is 0 Å². The summed E-state index contributed by atoms with van der Waals surface area (Å²) >= 11 is 0. The summed E-state index contributed by atoms with van der Waals surface area (Å²) in [7, 11) is 4.40. The van der Waals surface area contributed by atoms with Crippen LogP contribution >= 0.6 is 0 Å². The zero-order valence-electron chi connectivity index (χ0n) is 37.9. The number of hydrogen-bond donors (Lipinski definition) is 0. The Balaban J connectivity index is 0.961. The van der Waals surface area contributed by atoms with Gasteiger partial charge in [0, 0.05) is 69.7 Å². The van der Waals surface area contributed by atoms with E-state index < -0.39 is 0 Å². The monoisotopic (exact) mass is 886 g/mol. The zero-order valence-corrected chi connectivity index (χ0v) is 37.9. The predicted molar refractivity (Wildman–Crippen MR) is 281 cm³/mol. The van der Waals surface area contributed by atoms with Crippen LogP contribution in [0.5, 0.6) is 11.5 Å². The first-order chi connectivity index (χ1) is 34.1. The van der Waals surface area contributed by atoms with Crippen LogP contribution in [0, 0.1) is 6.33 Å². The van der Waals surface area contributed by atoms with Crippen LogP contribution in [-0.4, -0.2) is 23.3 Å². The Bertz CT molecular complexity index is 4290. The van der Waals surface area contributed by atoms with Crippen LogP contribution in [0.1, 0.15) is 0 Å². The highest BCUT2D eigenvalue weighted by Gasteiger charge is 2.27. The lowest BCUT2D eigenvalue weighted by Gasteiger charge is -2.17. The second kappa shape index (κ2) is 15.2. The molecule has 7 heteroatoms. The van der Waals surface area contributed by atoms with Crippen LogP contribution in [0.4, 0.5) is 0 Å². The molecule has 14 aromatic rings. The van der Waals surface area contributed by atoms with Gasteiger partial charge in [0.2, 0.25) is 0 Å². The fourth-order valence-corrected chi connectivity index (χ4v) is 11.1. The molecule has 0 fully saturated rings. The summed E-state index contributed by atoms with van der Waals surface area (Å²) in [5, 5.41) is 7.25. The Morgan fingerprint density at radius 3 is 1.74 bits per heavy atom. The number of benzene rings is 9. The summed E-state index contributed by atoms with van der Waals surface area (Å²) in [6.07, 6.45) is 5.70. The highest BCUT2D eigenvalue weighted by atomic mass is 16.5. The minimum absolute atomic E-state index is 0.715. The second-order valence-electron chi connectivity index (χ2n) is 17.8. The molecule has 5 aromatic heterocycles. The van der Waals surface area contributed by atoms with Crippen molar-refractivity contribution in [3.8, 4) is 50.9 Å². The number of pyridine rings is 1. The smallest absolute Gasteiger partial charge is 0.269 e. The molecule has 0 atom stereocenters. The van der Waals surface area contributed by atoms with Crippen molar-refractivity contribution >= 4 is 76.5 Å². The van der Waals surface area contributed by atoms with Crippen molar-refractivity contribution in [3.05, 3.63) is 225 Å². The van der Waals surface area contributed by atoms with Gasteiger partial charge in [-0.25, -0.2) is 4.98 Å². The molecule has 0 spiro atoms. The fourth-order valence-electron chi connectivity index (χ4n) is 11.1. The van der Waals surface area contributed by atoms with Crippen LogP contribution in [0.25, 0.3) is 116 Å². The molecule has 0 unspecified atom stereocenters. The molecule has 326 valence electrons. The maximum atomic E-state index is 6.94. The Hall–Kier alpha value is -9.20. The van der Waals surface area contributed by atoms with Gasteiger partial charge in [0.25, 0.3) is 6.33 Å². The number of imidazole rings is 1. The van der Waals surface area contributed by atoms with Crippen molar-refractivity contribution in [2.24, 2.45) is 14.1 Å². The lowest BCUT2D eigenvalue weighted by Crippen LogP contribution is -2.29. The van der Waals surface area contributed by atoms with Crippen LogP contribution in [0.2, 0.25) is 0 Å². The third kappa shape index (κ3) is 5.80. The molecule has 0 amide bonds. The summed E-state index contributed by atoms with van der Waals surface area (Å²) in [6.45, 7) is 0. The largest absolute Gasteiger partial charge is 0.458 e. The molecular formula is C62H42N6O. The Kier molecular flexibility index (Phi) is 8.58. The number of nitrogens with zero attached hydrogens (tertiary/aromatic N) is 6. The Morgan fingerprint density at radius 2 is 1.03 bits per heavy atom. The molecule has 9 aromatic carbocycles. The fraction of sp³-hybridized carbons (Fsp3) is 0.0323. The summed E-state index contributed by atoms with van der Waals surface area (Å²) in [5.41, 5.74) is 15.5. The van der Waals surface area contributed by atoms with Crippen LogP contribution in [0.3, 0.4) is 0 Å². The summed E-state index contributed by atoms with van der Waals surface area (Å²) in [4.78, 5) is 5.01. The third-order valence-corrected chi connectivity index (χ3v) is 14.0. The Morgan fingerprint density at radius 1 is 0.449 bits per heavy atom. The van der Waals surface area contributed by atoms with Gasteiger partial charge in [-0.3, -0.25) is 13.7 Å². The van der Waals surface area contributed by atoms with Gasteiger partial charge in [0.15, 0.2) is 0 Å². The van der Waals surface area contributed by atoms with Gasteiger partial charge in [0.1, 0.15) is 17.3 Å². The van der Waals surface area contributed by atoms with E-state index in [9.17, 15) is 0 Å². The highest BCUT2D eigenvalue weighted by molar-refractivity contribution is 6.40. The van der Waals surface area contributed by atoms with E-state index in [4.69, 9.17) is 9.72 Å². The average Bonchev–Trinajstić information content (AvgIpc) is 4.13. The van der Waals surface area contributed by atoms with E-state index in [0.29, 0.717) is 5.75 Å². The topological polar surface area (TPSA) is 45.7 Å². The van der Waals surface area contributed by atoms with Crippen molar-refractivity contribution in [3.63, 3.8) is 0 Å². The molecule has 0 radical (unpaired) electrons. The quantitative estimate of drug-likeness (QED) is 0.118. The minimum atomic E-state index is 0.715. The van der Waals surface area contributed by atoms with E-state index in [-0.39, 0.29) is 0 Å². The summed E-state index contributed by atoms with van der Waals surface area (Å²) in [5.74, 6) is 2.28. The molecule has 0 bridgehead atoms. The van der Waals surface area contributed by atoms with E-state index in [1.807, 2.05) is 18.3 Å². The zero-order chi connectivity index (χ0) is 45.7. The van der Waals surface area contributed by atoms with E-state index in [0.717, 1.165) is 78.2 Å². The molecule has 0 saturated heterocycles. The third-order valence-electron chi connectivity index (χ3n) is 14.0. The molecule has 69 heavy (non-hydrogen) atoms. The van der Waals surface area contributed by atoms with Crippen molar-refractivity contribution in [2.45, 2.75) is 0 Å². The number of ether oxygens (including phenoxy) is 1. The first-order valence-electron chi connectivity index (χ1n) is 23.3.